The maximum Gasteiger partial charge on any atom is 0.472 e. The largest absolute Gasteiger partial charge is 0.472 e. The summed E-state index contributed by atoms with van der Waals surface area (Å²) in [4.78, 5) is 71.7. The zero-order chi connectivity index (χ0) is 59.8. The van der Waals surface area contributed by atoms with Crippen LogP contribution in [0, 0.1) is 0 Å². The number of hydrogen-bond acceptors (Lipinski definition) is 15. The number of hydrogen-bond donors (Lipinski definition) is 3. The Hall–Kier alpha value is -1.94. The van der Waals surface area contributed by atoms with Gasteiger partial charge in [-0.2, -0.15) is 0 Å². The number of aliphatic hydroxyl groups excluding tert-OH is 1. The highest BCUT2D eigenvalue weighted by Crippen LogP contribution is 2.45. The second kappa shape index (κ2) is 57.2. The Balaban J connectivity index is 5.03. The molecule has 0 radical (unpaired) electrons. The van der Waals surface area contributed by atoms with Crippen molar-refractivity contribution in [2.75, 3.05) is 39.6 Å². The Kier molecular flexibility index (Phi) is 55.8. The van der Waals surface area contributed by atoms with E-state index in [1.165, 1.54) is 109 Å². The van der Waals surface area contributed by atoms with Crippen LogP contribution >= 0.6 is 15.6 Å². The third kappa shape index (κ3) is 56.9. The second-order valence-corrected chi connectivity index (χ2v) is 25.4. The summed E-state index contributed by atoms with van der Waals surface area (Å²) in [6.45, 7) is 4.75. The lowest BCUT2D eigenvalue weighted by Gasteiger charge is -2.21. The number of aliphatic hydroxyl groups is 1. The Labute approximate surface area is 492 Å². The van der Waals surface area contributed by atoms with Gasteiger partial charge >= 0.3 is 39.5 Å². The van der Waals surface area contributed by atoms with Gasteiger partial charge in [-0.25, -0.2) is 9.13 Å². The molecule has 19 heteroatoms. The van der Waals surface area contributed by atoms with Crippen molar-refractivity contribution in [1.29, 1.82) is 0 Å². The van der Waals surface area contributed by atoms with Gasteiger partial charge in [-0.3, -0.25) is 37.3 Å². The molecule has 0 amide bonds. The molecule has 0 bridgehead atoms. The Bertz CT molecular complexity index is 1570. The van der Waals surface area contributed by atoms with Gasteiger partial charge in [-0.15, -0.1) is 0 Å². The van der Waals surface area contributed by atoms with Crippen LogP contribution in [0.4, 0.5) is 0 Å². The molecule has 81 heavy (non-hydrogen) atoms. The SMILES string of the molecule is CCCCCCCCCCCCCCCCCCCCCCC(=O)O[C@H](COC(=O)CCCCCCCCC)COP(=O)(O)OC[C@@H](O)COP(=O)(O)OC[C@@H](COC(=O)CCCCCCCCC)OC(=O)CCCCCCCCC. The average Bonchev–Trinajstić information content (AvgIpc) is 3.44. The summed E-state index contributed by atoms with van der Waals surface area (Å²) in [5.74, 6) is -2.15. The fourth-order valence-electron chi connectivity index (χ4n) is 9.28. The first-order valence-corrected chi connectivity index (χ1v) is 35.8. The molecule has 0 saturated heterocycles. The molecular weight excluding hydrogens is 1080 g/mol. The number of esters is 4. The monoisotopic (exact) mass is 1200 g/mol. The van der Waals surface area contributed by atoms with Gasteiger partial charge < -0.3 is 33.8 Å². The van der Waals surface area contributed by atoms with Crippen LogP contribution in [-0.4, -0.2) is 96.7 Å². The van der Waals surface area contributed by atoms with Crippen LogP contribution in [0.15, 0.2) is 0 Å². The second-order valence-electron chi connectivity index (χ2n) is 22.4. The van der Waals surface area contributed by atoms with Crippen molar-refractivity contribution in [3.63, 3.8) is 0 Å². The highest BCUT2D eigenvalue weighted by atomic mass is 31.2. The van der Waals surface area contributed by atoms with Crippen LogP contribution in [0.25, 0.3) is 0 Å². The number of carbonyl (C=O) groups is 4. The van der Waals surface area contributed by atoms with Crippen molar-refractivity contribution in [3.8, 4) is 0 Å². The zero-order valence-electron chi connectivity index (χ0n) is 51.7. The maximum absolute atomic E-state index is 12.9. The van der Waals surface area contributed by atoms with E-state index in [9.17, 15) is 43.2 Å². The summed E-state index contributed by atoms with van der Waals surface area (Å²) >= 11 is 0. The van der Waals surface area contributed by atoms with Crippen molar-refractivity contribution in [3.05, 3.63) is 0 Å². The van der Waals surface area contributed by atoms with Gasteiger partial charge in [-0.1, -0.05) is 265 Å². The lowest BCUT2D eigenvalue weighted by atomic mass is 10.0. The lowest BCUT2D eigenvalue weighted by molar-refractivity contribution is -0.161. The van der Waals surface area contributed by atoms with Crippen LogP contribution in [0.2, 0.25) is 0 Å². The number of phosphoric ester groups is 2. The van der Waals surface area contributed by atoms with E-state index in [2.05, 4.69) is 27.7 Å². The van der Waals surface area contributed by atoms with Crippen LogP contribution in [0.3, 0.4) is 0 Å². The first-order chi connectivity index (χ1) is 39.2. The summed E-state index contributed by atoms with van der Waals surface area (Å²) in [6, 6.07) is 0. The van der Waals surface area contributed by atoms with Crippen molar-refractivity contribution in [2.24, 2.45) is 0 Å². The molecule has 0 aliphatic carbocycles. The van der Waals surface area contributed by atoms with Gasteiger partial charge in [0.1, 0.15) is 19.3 Å². The molecule has 3 N–H and O–H groups in total. The van der Waals surface area contributed by atoms with Crippen LogP contribution in [0.1, 0.15) is 317 Å². The summed E-state index contributed by atoms with van der Waals surface area (Å²) < 4.78 is 67.6. The predicted octanol–water partition coefficient (Wildman–Crippen LogP) is 17.2. The molecule has 0 rings (SSSR count). The zero-order valence-corrected chi connectivity index (χ0v) is 53.5. The first-order valence-electron chi connectivity index (χ1n) is 32.8. The predicted molar refractivity (Wildman–Crippen MR) is 322 cm³/mol. The number of ether oxygens (including phenoxy) is 4. The topological polar surface area (TPSA) is 237 Å². The van der Waals surface area contributed by atoms with Crippen molar-refractivity contribution in [1.82, 2.24) is 0 Å². The standard InChI is InChI=1S/C62H120O17P2/c1-5-9-13-17-21-22-23-24-25-26-27-28-29-30-31-32-33-37-41-45-49-62(67)79-58(53-73-60(65)47-43-39-35-19-15-11-7-3)55-77-81(70,71)75-51-56(63)50-74-80(68,69)76-54-57(78-61(66)48-44-40-36-20-16-12-8-4)52-72-59(64)46-42-38-34-18-14-10-6-2/h56-58,63H,5-55H2,1-4H3,(H,68,69)(H,70,71)/t56-,57+,58+/m0/s1. The minimum absolute atomic E-state index is 0.104. The quantitative estimate of drug-likeness (QED) is 0.0222. The molecule has 0 heterocycles. The summed E-state index contributed by atoms with van der Waals surface area (Å²) in [5.41, 5.74) is 0. The molecule has 2 unspecified atom stereocenters. The van der Waals surface area contributed by atoms with Crippen LogP contribution in [0.5, 0.6) is 0 Å². The van der Waals surface area contributed by atoms with Gasteiger partial charge in [0.2, 0.25) is 0 Å². The fourth-order valence-corrected chi connectivity index (χ4v) is 10.9. The average molecular weight is 1200 g/mol. The van der Waals surface area contributed by atoms with Gasteiger partial charge in [0, 0.05) is 25.7 Å². The first kappa shape index (κ1) is 79.1. The molecule has 0 aliphatic rings. The summed E-state index contributed by atoms with van der Waals surface area (Å²) in [7, 11) is -9.86. The smallest absolute Gasteiger partial charge is 0.462 e. The third-order valence-electron chi connectivity index (χ3n) is 14.4. The minimum atomic E-state index is -4.94. The number of rotatable bonds is 63. The molecule has 0 aliphatic heterocycles. The minimum Gasteiger partial charge on any atom is -0.462 e. The van der Waals surface area contributed by atoms with Gasteiger partial charge in [0.25, 0.3) is 0 Å². The fraction of sp³-hybridized carbons (Fsp3) is 0.935. The molecule has 0 saturated carbocycles. The van der Waals surface area contributed by atoms with E-state index in [1.807, 2.05) is 0 Å². The van der Waals surface area contributed by atoms with E-state index in [4.69, 9.17) is 37.0 Å². The molecule has 0 spiro atoms. The van der Waals surface area contributed by atoms with E-state index < -0.39 is 97.5 Å². The van der Waals surface area contributed by atoms with E-state index in [0.717, 1.165) is 128 Å². The van der Waals surface area contributed by atoms with Crippen LogP contribution in [-0.2, 0) is 65.4 Å². The molecule has 0 fully saturated rings. The molecule has 0 aromatic carbocycles. The molecular formula is C62H120O17P2. The Morgan fingerprint density at radius 1 is 0.296 bits per heavy atom. The Morgan fingerprint density at radius 2 is 0.494 bits per heavy atom. The van der Waals surface area contributed by atoms with Gasteiger partial charge in [0.15, 0.2) is 12.2 Å². The Morgan fingerprint density at radius 3 is 0.728 bits per heavy atom. The number of unbranched alkanes of at least 4 members (excludes halogenated alkanes) is 37. The van der Waals surface area contributed by atoms with E-state index in [1.54, 1.807) is 0 Å². The van der Waals surface area contributed by atoms with Crippen LogP contribution < -0.4 is 0 Å². The van der Waals surface area contributed by atoms with Crippen molar-refractivity contribution >= 4 is 39.5 Å². The van der Waals surface area contributed by atoms with Gasteiger partial charge in [-0.05, 0) is 25.7 Å². The van der Waals surface area contributed by atoms with E-state index in [0.29, 0.717) is 25.7 Å². The number of carbonyl (C=O) groups excluding carboxylic acids is 4. The lowest BCUT2D eigenvalue weighted by Crippen LogP contribution is -2.30. The molecule has 17 nitrogen and oxygen atoms in total. The molecule has 0 aromatic heterocycles. The van der Waals surface area contributed by atoms with E-state index >= 15 is 0 Å². The molecule has 0 aromatic rings. The van der Waals surface area contributed by atoms with Gasteiger partial charge in [0.05, 0.1) is 26.4 Å². The van der Waals surface area contributed by atoms with Crippen molar-refractivity contribution < 1.29 is 80.2 Å². The maximum atomic E-state index is 12.9. The van der Waals surface area contributed by atoms with Crippen molar-refractivity contribution in [2.45, 2.75) is 335 Å². The summed E-state index contributed by atoms with van der Waals surface area (Å²) in [6.07, 6.45) is 42.3. The molecule has 5 atom stereocenters. The van der Waals surface area contributed by atoms with E-state index in [-0.39, 0.29) is 25.7 Å². The highest BCUT2D eigenvalue weighted by molar-refractivity contribution is 7.47. The summed E-state index contributed by atoms with van der Waals surface area (Å²) in [5, 5.41) is 10.5. The highest BCUT2D eigenvalue weighted by Gasteiger charge is 2.30. The number of phosphoric acid groups is 2. The molecule has 480 valence electrons. The third-order valence-corrected chi connectivity index (χ3v) is 16.3. The normalized spacial score (nSPS) is 14.2.